The second-order valence-corrected chi connectivity index (χ2v) is 3.40. The van der Waals surface area contributed by atoms with Crippen LogP contribution in [0.15, 0.2) is 12.3 Å². The molecule has 2 aromatic rings. The third-order valence-electron chi connectivity index (χ3n) is 2.05. The predicted octanol–water partition coefficient (Wildman–Crippen LogP) is 1.57. The Labute approximate surface area is 93.1 Å². The molecule has 2 rings (SSSR count). The molecule has 0 aliphatic rings. The van der Waals surface area contributed by atoms with Crippen LogP contribution in [-0.2, 0) is 0 Å². The van der Waals surface area contributed by atoms with Crippen LogP contribution in [0.3, 0.4) is 0 Å². The summed E-state index contributed by atoms with van der Waals surface area (Å²) in [5, 5.41) is 9.97. The number of hydrogen-bond acceptors (Lipinski definition) is 5. The van der Waals surface area contributed by atoms with E-state index in [9.17, 15) is 0 Å². The van der Waals surface area contributed by atoms with Crippen LogP contribution >= 0.6 is 0 Å². The van der Waals surface area contributed by atoms with Crippen LogP contribution in [0.5, 0.6) is 5.75 Å². The zero-order chi connectivity index (χ0) is 11.5. The molecule has 0 spiro atoms. The van der Waals surface area contributed by atoms with Crippen molar-refractivity contribution in [3.05, 3.63) is 23.8 Å². The number of H-pyrrole nitrogens is 1. The lowest BCUT2D eigenvalue weighted by atomic mass is 10.4. The zero-order valence-electron chi connectivity index (χ0n) is 9.40. The van der Waals surface area contributed by atoms with Gasteiger partial charge in [-0.2, -0.15) is 5.10 Å². The van der Waals surface area contributed by atoms with Gasteiger partial charge in [-0.15, -0.1) is 0 Å². The Kier molecular flexibility index (Phi) is 2.72. The first-order valence-corrected chi connectivity index (χ1v) is 4.85. The van der Waals surface area contributed by atoms with Crippen molar-refractivity contribution in [2.45, 2.75) is 13.8 Å². The van der Waals surface area contributed by atoms with Gasteiger partial charge in [0.1, 0.15) is 5.82 Å². The Balaban J connectivity index is 2.29. The largest absolute Gasteiger partial charge is 0.491 e. The third-order valence-corrected chi connectivity index (χ3v) is 2.05. The molecule has 0 atom stereocenters. The fraction of sp³-hybridized carbons (Fsp3) is 0.300. The SMILES string of the molecule is COc1cnc(C)nc1Nc1cc(C)[nH]n1. The van der Waals surface area contributed by atoms with Gasteiger partial charge in [-0.25, -0.2) is 9.97 Å². The molecule has 0 saturated heterocycles. The Hall–Kier alpha value is -2.11. The molecule has 0 amide bonds. The topological polar surface area (TPSA) is 75.7 Å². The Morgan fingerprint density at radius 1 is 1.38 bits per heavy atom. The van der Waals surface area contributed by atoms with Crippen molar-refractivity contribution < 1.29 is 4.74 Å². The summed E-state index contributed by atoms with van der Waals surface area (Å²) in [6.45, 7) is 3.75. The summed E-state index contributed by atoms with van der Waals surface area (Å²) in [7, 11) is 1.58. The van der Waals surface area contributed by atoms with Gasteiger partial charge in [0.15, 0.2) is 17.4 Å². The number of rotatable bonds is 3. The average molecular weight is 219 g/mol. The standard InChI is InChI=1S/C10H13N5O/c1-6-4-9(15-14-6)13-10-8(16-3)5-11-7(2)12-10/h4-5H,1-3H3,(H2,11,12,13,14,15). The van der Waals surface area contributed by atoms with E-state index in [-0.39, 0.29) is 0 Å². The van der Waals surface area contributed by atoms with Gasteiger partial charge in [0.2, 0.25) is 0 Å². The first-order chi connectivity index (χ1) is 7.69. The monoisotopic (exact) mass is 219 g/mol. The average Bonchev–Trinajstić information content (AvgIpc) is 2.64. The van der Waals surface area contributed by atoms with Gasteiger partial charge in [-0.1, -0.05) is 0 Å². The van der Waals surface area contributed by atoms with Gasteiger partial charge in [0.05, 0.1) is 13.3 Å². The number of methoxy groups -OCH3 is 1. The first-order valence-electron chi connectivity index (χ1n) is 4.85. The van der Waals surface area contributed by atoms with Gasteiger partial charge in [-0.05, 0) is 13.8 Å². The van der Waals surface area contributed by atoms with E-state index in [0.29, 0.717) is 23.2 Å². The maximum Gasteiger partial charge on any atom is 0.179 e. The molecule has 0 unspecified atom stereocenters. The zero-order valence-corrected chi connectivity index (χ0v) is 9.40. The number of aromatic amines is 1. The van der Waals surface area contributed by atoms with Crippen molar-refractivity contribution >= 4 is 11.6 Å². The molecular weight excluding hydrogens is 206 g/mol. The number of aryl methyl sites for hydroxylation is 2. The van der Waals surface area contributed by atoms with Gasteiger partial charge in [0.25, 0.3) is 0 Å². The normalized spacial score (nSPS) is 10.2. The molecule has 0 aromatic carbocycles. The maximum absolute atomic E-state index is 5.15. The molecule has 0 aliphatic carbocycles. The van der Waals surface area contributed by atoms with E-state index in [1.54, 1.807) is 13.3 Å². The molecule has 0 fully saturated rings. The summed E-state index contributed by atoms with van der Waals surface area (Å²) in [4.78, 5) is 8.30. The highest BCUT2D eigenvalue weighted by Gasteiger charge is 2.07. The summed E-state index contributed by atoms with van der Waals surface area (Å²) in [6.07, 6.45) is 1.63. The van der Waals surface area contributed by atoms with Crippen LogP contribution in [0.25, 0.3) is 0 Å². The fourth-order valence-corrected chi connectivity index (χ4v) is 1.30. The molecule has 2 heterocycles. The number of anilines is 2. The summed E-state index contributed by atoms with van der Waals surface area (Å²) >= 11 is 0. The van der Waals surface area contributed by atoms with E-state index >= 15 is 0 Å². The molecule has 0 aliphatic heterocycles. The van der Waals surface area contributed by atoms with Gasteiger partial charge >= 0.3 is 0 Å². The summed E-state index contributed by atoms with van der Waals surface area (Å²) in [5.41, 5.74) is 0.979. The second-order valence-electron chi connectivity index (χ2n) is 3.40. The molecule has 16 heavy (non-hydrogen) atoms. The summed E-state index contributed by atoms with van der Waals surface area (Å²) in [5.74, 6) is 2.58. The van der Waals surface area contributed by atoms with E-state index in [0.717, 1.165) is 5.69 Å². The fourth-order valence-electron chi connectivity index (χ4n) is 1.30. The Morgan fingerprint density at radius 2 is 2.19 bits per heavy atom. The lowest BCUT2D eigenvalue weighted by molar-refractivity contribution is 0.412. The van der Waals surface area contributed by atoms with E-state index in [1.807, 2.05) is 19.9 Å². The van der Waals surface area contributed by atoms with Crippen molar-refractivity contribution in [2.75, 3.05) is 12.4 Å². The van der Waals surface area contributed by atoms with E-state index < -0.39 is 0 Å². The molecule has 0 saturated carbocycles. The number of nitrogens with zero attached hydrogens (tertiary/aromatic N) is 3. The van der Waals surface area contributed by atoms with Crippen LogP contribution < -0.4 is 10.1 Å². The summed E-state index contributed by atoms with van der Waals surface area (Å²) in [6, 6.07) is 1.89. The predicted molar refractivity (Wildman–Crippen MR) is 59.9 cm³/mol. The molecular formula is C10H13N5O. The minimum absolute atomic E-state index is 0.589. The van der Waals surface area contributed by atoms with E-state index in [1.165, 1.54) is 0 Å². The number of hydrogen-bond donors (Lipinski definition) is 2. The van der Waals surface area contributed by atoms with Gasteiger partial charge in [-0.3, -0.25) is 5.10 Å². The number of nitrogens with one attached hydrogen (secondary N) is 2. The van der Waals surface area contributed by atoms with Crippen LogP contribution in [0, 0.1) is 13.8 Å². The first kappa shape index (κ1) is 10.4. The molecule has 2 aromatic heterocycles. The summed E-state index contributed by atoms with van der Waals surface area (Å²) < 4.78 is 5.15. The van der Waals surface area contributed by atoms with Crippen molar-refractivity contribution in [1.29, 1.82) is 0 Å². The van der Waals surface area contributed by atoms with Gasteiger partial charge in [0, 0.05) is 11.8 Å². The van der Waals surface area contributed by atoms with Crippen molar-refractivity contribution in [1.82, 2.24) is 20.2 Å². The number of aromatic nitrogens is 4. The van der Waals surface area contributed by atoms with Crippen molar-refractivity contribution in [3.8, 4) is 5.75 Å². The Morgan fingerprint density at radius 3 is 2.81 bits per heavy atom. The van der Waals surface area contributed by atoms with Crippen LogP contribution in [-0.4, -0.2) is 27.3 Å². The maximum atomic E-state index is 5.15. The minimum atomic E-state index is 0.589. The highest BCUT2D eigenvalue weighted by Crippen LogP contribution is 2.23. The quantitative estimate of drug-likeness (QED) is 0.819. The molecule has 6 nitrogen and oxygen atoms in total. The van der Waals surface area contributed by atoms with Crippen LogP contribution in [0.1, 0.15) is 11.5 Å². The lowest BCUT2D eigenvalue weighted by Crippen LogP contribution is -2.00. The Bertz CT molecular complexity index is 494. The van der Waals surface area contributed by atoms with E-state index in [2.05, 4.69) is 25.5 Å². The molecule has 0 bridgehead atoms. The second kappa shape index (κ2) is 4.18. The molecule has 84 valence electrons. The van der Waals surface area contributed by atoms with Crippen LogP contribution in [0.4, 0.5) is 11.6 Å². The highest BCUT2D eigenvalue weighted by molar-refractivity contribution is 5.58. The lowest BCUT2D eigenvalue weighted by Gasteiger charge is -2.07. The molecule has 6 heteroatoms. The molecule has 0 radical (unpaired) electrons. The third kappa shape index (κ3) is 2.10. The van der Waals surface area contributed by atoms with Gasteiger partial charge < -0.3 is 10.1 Å². The van der Waals surface area contributed by atoms with Crippen molar-refractivity contribution in [3.63, 3.8) is 0 Å². The van der Waals surface area contributed by atoms with Crippen LogP contribution in [0.2, 0.25) is 0 Å². The highest BCUT2D eigenvalue weighted by atomic mass is 16.5. The van der Waals surface area contributed by atoms with E-state index in [4.69, 9.17) is 4.74 Å². The number of ether oxygens (including phenoxy) is 1. The molecule has 2 N–H and O–H groups in total. The minimum Gasteiger partial charge on any atom is -0.491 e. The van der Waals surface area contributed by atoms with Crippen molar-refractivity contribution in [2.24, 2.45) is 0 Å². The smallest absolute Gasteiger partial charge is 0.179 e.